The quantitative estimate of drug-likeness (QED) is 0.452. The van der Waals surface area contributed by atoms with Crippen LogP contribution in [0.1, 0.15) is 61.4 Å². The van der Waals surface area contributed by atoms with Crippen LogP contribution in [0.2, 0.25) is 0 Å². The number of nitrogens with zero attached hydrogens (tertiary/aromatic N) is 2. The van der Waals surface area contributed by atoms with Crippen molar-refractivity contribution in [2.24, 2.45) is 5.92 Å². The fraction of sp³-hybridized carbons (Fsp3) is 0.483. The van der Waals surface area contributed by atoms with Gasteiger partial charge in [0.15, 0.2) is 0 Å². The van der Waals surface area contributed by atoms with Gasteiger partial charge in [-0.2, -0.15) is 0 Å². The van der Waals surface area contributed by atoms with Gasteiger partial charge in [0.1, 0.15) is 22.9 Å². The van der Waals surface area contributed by atoms with Crippen molar-refractivity contribution in [3.63, 3.8) is 0 Å². The maximum Gasteiger partial charge on any atom is 0.129 e. The van der Waals surface area contributed by atoms with Gasteiger partial charge in [0.2, 0.25) is 0 Å². The minimum atomic E-state index is -0.241. The first-order valence-electron chi connectivity index (χ1n) is 12.2. The van der Waals surface area contributed by atoms with Crippen LogP contribution in [-0.4, -0.2) is 28.8 Å². The largest absolute Gasteiger partial charge is 0.507 e. The monoisotopic (exact) mass is 446 g/mol. The fourth-order valence-corrected chi connectivity index (χ4v) is 5.08. The number of para-hydroxylation sites is 1. The Morgan fingerprint density at radius 2 is 1.82 bits per heavy atom. The van der Waals surface area contributed by atoms with E-state index < -0.39 is 0 Å². The number of aromatic nitrogens is 1. The van der Waals surface area contributed by atoms with Crippen molar-refractivity contribution in [1.82, 2.24) is 4.98 Å². The number of phenols is 1. The molecule has 2 aromatic carbocycles. The number of phenolic OH excluding ortho intramolecular Hbond substituents is 1. The molecule has 0 fully saturated rings. The second kappa shape index (κ2) is 8.89. The number of ether oxygens (including phenoxy) is 1. The molecular weight excluding hydrogens is 408 g/mol. The van der Waals surface area contributed by atoms with E-state index in [4.69, 9.17) is 9.72 Å². The van der Waals surface area contributed by atoms with Gasteiger partial charge in [0.05, 0.1) is 5.52 Å². The predicted molar refractivity (Wildman–Crippen MR) is 138 cm³/mol. The van der Waals surface area contributed by atoms with Crippen LogP contribution in [0.5, 0.6) is 11.5 Å². The summed E-state index contributed by atoms with van der Waals surface area (Å²) in [7, 11) is 0. The summed E-state index contributed by atoms with van der Waals surface area (Å²) in [6.45, 7) is 16.8. The normalized spacial score (nSPS) is 17.8. The van der Waals surface area contributed by atoms with Crippen molar-refractivity contribution in [2.45, 2.75) is 73.3 Å². The molecule has 0 amide bonds. The highest BCUT2D eigenvalue weighted by atomic mass is 16.5. The number of pyridine rings is 1. The number of anilines is 1. The molecule has 0 bridgehead atoms. The fourth-order valence-electron chi connectivity index (χ4n) is 5.08. The number of rotatable bonds is 6. The smallest absolute Gasteiger partial charge is 0.129 e. The minimum absolute atomic E-state index is 0.241. The average Bonchev–Trinajstić information content (AvgIpc) is 2.78. The van der Waals surface area contributed by atoms with Crippen LogP contribution in [0.4, 0.5) is 5.82 Å². The molecule has 0 saturated carbocycles. The number of hydrogen-bond donors (Lipinski definition) is 1. The molecule has 0 aliphatic carbocycles. The highest BCUT2D eigenvalue weighted by Gasteiger charge is 2.35. The van der Waals surface area contributed by atoms with Gasteiger partial charge in [-0.3, -0.25) is 0 Å². The summed E-state index contributed by atoms with van der Waals surface area (Å²) in [6.07, 6.45) is 2.80. The first-order valence-corrected chi connectivity index (χ1v) is 12.2. The third-order valence-corrected chi connectivity index (χ3v) is 7.32. The standard InChI is InChI=1S/C29H38N2O2/c1-18(2)17-31(26-16-19(3)23-10-8-9-11-25(23)30-26)15-14-29(7)13-12-24-22(6)27(32)20(4)21(5)28(24)33-29/h8-11,16,18,32H,12-15,17H2,1-7H3. The van der Waals surface area contributed by atoms with Gasteiger partial charge in [-0.15, -0.1) is 0 Å². The Kier molecular flexibility index (Phi) is 6.30. The van der Waals surface area contributed by atoms with Crippen LogP contribution in [0.25, 0.3) is 10.9 Å². The molecule has 1 unspecified atom stereocenters. The zero-order chi connectivity index (χ0) is 23.9. The molecular formula is C29H38N2O2. The lowest BCUT2D eigenvalue weighted by Crippen LogP contribution is -2.41. The average molecular weight is 447 g/mol. The van der Waals surface area contributed by atoms with Crippen molar-refractivity contribution in [2.75, 3.05) is 18.0 Å². The first-order chi connectivity index (χ1) is 15.6. The van der Waals surface area contributed by atoms with Gasteiger partial charge in [0.25, 0.3) is 0 Å². The van der Waals surface area contributed by atoms with E-state index in [0.29, 0.717) is 11.7 Å². The summed E-state index contributed by atoms with van der Waals surface area (Å²) >= 11 is 0. The minimum Gasteiger partial charge on any atom is -0.507 e. The molecule has 1 atom stereocenters. The zero-order valence-corrected chi connectivity index (χ0v) is 21.2. The lowest BCUT2D eigenvalue weighted by molar-refractivity contribution is 0.0566. The Morgan fingerprint density at radius 1 is 1.09 bits per heavy atom. The van der Waals surface area contributed by atoms with Crippen LogP contribution in [0, 0.1) is 33.6 Å². The number of aromatic hydroxyl groups is 1. The molecule has 4 rings (SSSR count). The van der Waals surface area contributed by atoms with E-state index in [0.717, 1.165) is 66.1 Å². The lowest BCUT2D eigenvalue weighted by atomic mass is 9.85. The van der Waals surface area contributed by atoms with E-state index in [1.807, 2.05) is 13.8 Å². The third kappa shape index (κ3) is 4.53. The molecule has 1 aromatic heterocycles. The molecule has 33 heavy (non-hydrogen) atoms. The Bertz CT molecular complexity index is 1180. The summed E-state index contributed by atoms with van der Waals surface area (Å²) in [4.78, 5) is 7.44. The van der Waals surface area contributed by atoms with Crippen LogP contribution in [-0.2, 0) is 6.42 Å². The molecule has 0 spiro atoms. The molecule has 4 heteroatoms. The summed E-state index contributed by atoms with van der Waals surface area (Å²) in [5.74, 6) is 2.98. The van der Waals surface area contributed by atoms with Crippen LogP contribution < -0.4 is 9.64 Å². The van der Waals surface area contributed by atoms with Crippen molar-refractivity contribution < 1.29 is 9.84 Å². The van der Waals surface area contributed by atoms with Crippen molar-refractivity contribution >= 4 is 16.7 Å². The molecule has 4 nitrogen and oxygen atoms in total. The van der Waals surface area contributed by atoms with E-state index >= 15 is 0 Å². The van der Waals surface area contributed by atoms with E-state index in [2.05, 4.69) is 69.9 Å². The zero-order valence-electron chi connectivity index (χ0n) is 21.2. The van der Waals surface area contributed by atoms with Gasteiger partial charge in [-0.1, -0.05) is 32.0 Å². The molecule has 1 aliphatic heterocycles. The molecule has 3 aromatic rings. The van der Waals surface area contributed by atoms with Crippen molar-refractivity contribution in [3.05, 3.63) is 58.1 Å². The number of aryl methyl sites for hydroxylation is 1. The van der Waals surface area contributed by atoms with E-state index in [-0.39, 0.29) is 5.60 Å². The first kappa shape index (κ1) is 23.4. The Balaban J connectivity index is 1.59. The Labute approximate surface area is 198 Å². The molecule has 0 saturated heterocycles. The molecule has 0 radical (unpaired) electrons. The topological polar surface area (TPSA) is 45.6 Å². The maximum atomic E-state index is 10.5. The molecule has 1 aliphatic rings. The summed E-state index contributed by atoms with van der Waals surface area (Å²) < 4.78 is 6.69. The second-order valence-corrected chi connectivity index (χ2v) is 10.5. The SMILES string of the molecule is Cc1c(C)c2c(c(C)c1O)CCC(C)(CCN(CC(C)C)c1cc(C)c3ccccc3n1)O2. The number of fused-ring (bicyclic) bond motifs is 2. The van der Waals surface area contributed by atoms with Gasteiger partial charge < -0.3 is 14.7 Å². The highest BCUT2D eigenvalue weighted by molar-refractivity contribution is 5.83. The summed E-state index contributed by atoms with van der Waals surface area (Å²) in [6, 6.07) is 10.6. The van der Waals surface area contributed by atoms with Gasteiger partial charge in [0, 0.05) is 30.5 Å². The van der Waals surface area contributed by atoms with Crippen molar-refractivity contribution in [1.29, 1.82) is 0 Å². The molecule has 2 heterocycles. The van der Waals surface area contributed by atoms with E-state index in [9.17, 15) is 5.11 Å². The number of hydrogen-bond acceptors (Lipinski definition) is 4. The predicted octanol–water partition coefficient (Wildman–Crippen LogP) is 6.81. The maximum absolute atomic E-state index is 10.5. The second-order valence-electron chi connectivity index (χ2n) is 10.5. The van der Waals surface area contributed by atoms with Crippen LogP contribution >= 0.6 is 0 Å². The van der Waals surface area contributed by atoms with Gasteiger partial charge >= 0.3 is 0 Å². The third-order valence-electron chi connectivity index (χ3n) is 7.32. The Hall–Kier alpha value is -2.75. The Morgan fingerprint density at radius 3 is 2.55 bits per heavy atom. The van der Waals surface area contributed by atoms with Gasteiger partial charge in [-0.05, 0) is 87.8 Å². The number of benzene rings is 2. The summed E-state index contributed by atoms with van der Waals surface area (Å²) in [5.41, 5.74) is 6.19. The van der Waals surface area contributed by atoms with E-state index in [1.165, 1.54) is 16.5 Å². The summed E-state index contributed by atoms with van der Waals surface area (Å²) in [5, 5.41) is 11.7. The van der Waals surface area contributed by atoms with Crippen molar-refractivity contribution in [3.8, 4) is 11.5 Å². The van der Waals surface area contributed by atoms with Crippen LogP contribution in [0.3, 0.4) is 0 Å². The van der Waals surface area contributed by atoms with Gasteiger partial charge in [-0.25, -0.2) is 4.98 Å². The lowest BCUT2D eigenvalue weighted by Gasteiger charge is -2.39. The molecule has 176 valence electrons. The van der Waals surface area contributed by atoms with E-state index in [1.54, 1.807) is 0 Å². The van der Waals surface area contributed by atoms with Crippen LogP contribution in [0.15, 0.2) is 30.3 Å². The molecule has 1 N–H and O–H groups in total. The highest BCUT2D eigenvalue weighted by Crippen LogP contribution is 2.44.